The Bertz CT molecular complexity index is 1350. The maximum Gasteiger partial charge on any atom is 0.480 e. The molecular formula is C24H32FN4O11P. The van der Waals surface area contributed by atoms with Gasteiger partial charge in [-0.1, -0.05) is 33.6 Å². The van der Waals surface area contributed by atoms with Crippen LogP contribution >= 0.6 is 7.82 Å². The first-order chi connectivity index (χ1) is 19.2. The first-order valence-corrected chi connectivity index (χ1v) is 13.8. The van der Waals surface area contributed by atoms with Gasteiger partial charge in [0.25, 0.3) is 5.85 Å². The molecule has 3 heterocycles. The van der Waals surface area contributed by atoms with E-state index in [-0.39, 0.29) is 11.5 Å². The van der Waals surface area contributed by atoms with Crippen molar-refractivity contribution < 1.29 is 56.5 Å². The smallest absolute Gasteiger partial charge is 0.438 e. The summed E-state index contributed by atoms with van der Waals surface area (Å²) in [6.45, 7) is 4.29. The van der Waals surface area contributed by atoms with Gasteiger partial charge in [-0.25, -0.2) is 28.0 Å². The van der Waals surface area contributed by atoms with Gasteiger partial charge in [0.1, 0.15) is 24.4 Å². The Labute approximate surface area is 234 Å². The molecule has 0 aliphatic carbocycles. The quantitative estimate of drug-likeness (QED) is 0.137. The summed E-state index contributed by atoms with van der Waals surface area (Å²) in [6, 6.07) is 1.49. The Morgan fingerprint density at radius 2 is 1.76 bits per heavy atom. The zero-order valence-corrected chi connectivity index (χ0v) is 23.9. The van der Waals surface area contributed by atoms with Crippen molar-refractivity contribution in [1.82, 2.24) is 14.5 Å². The number of nitrogens with two attached hydrogens (primary N) is 1. The van der Waals surface area contributed by atoms with Crippen molar-refractivity contribution in [2.75, 3.05) is 25.9 Å². The predicted octanol–water partition coefficient (Wildman–Crippen LogP) is 1.79. The monoisotopic (exact) mass is 602 g/mol. The summed E-state index contributed by atoms with van der Waals surface area (Å²) in [5.41, 5.74) is 3.43. The van der Waals surface area contributed by atoms with Gasteiger partial charge in [-0.2, -0.15) is 0 Å². The number of halogens is 1. The summed E-state index contributed by atoms with van der Waals surface area (Å²) in [6.07, 6.45) is -1.59. The summed E-state index contributed by atoms with van der Waals surface area (Å²) in [5, 5.41) is 22.6. The lowest BCUT2D eigenvalue weighted by Gasteiger charge is -2.27. The minimum atomic E-state index is -4.84. The summed E-state index contributed by atoms with van der Waals surface area (Å²) < 4.78 is 60.6. The van der Waals surface area contributed by atoms with Crippen LogP contribution in [-0.4, -0.2) is 74.4 Å². The maximum atomic E-state index is 16.2. The molecule has 0 unspecified atom stereocenters. The average Bonchev–Trinajstić information content (AvgIpc) is 3.42. The number of aromatic nitrogens is 3. The van der Waals surface area contributed by atoms with Crippen LogP contribution in [0.5, 0.6) is 0 Å². The molecule has 15 nitrogen and oxygen atoms in total. The van der Waals surface area contributed by atoms with Crippen LogP contribution in [0.2, 0.25) is 0 Å². The van der Waals surface area contributed by atoms with Crippen LogP contribution in [0.25, 0.3) is 11.0 Å². The SMILES string of the molecule is CC#C[C@]1(O)[C@H](n2ccc3c(N)ncnc32)O[C@](F)(COP(=O)(OCOC(=O)C(C)C)OCOC(=O)C(C)C)[C@H]1O. The second-order valence-electron chi connectivity index (χ2n) is 9.53. The molecule has 17 heteroatoms. The van der Waals surface area contributed by atoms with Crippen molar-refractivity contribution in [3.05, 3.63) is 18.6 Å². The van der Waals surface area contributed by atoms with E-state index in [1.54, 1.807) is 0 Å². The average molecular weight is 603 g/mol. The van der Waals surface area contributed by atoms with Gasteiger partial charge in [-0.05, 0) is 13.0 Å². The molecule has 0 bridgehead atoms. The van der Waals surface area contributed by atoms with Crippen molar-refractivity contribution in [3.63, 3.8) is 0 Å². The fraction of sp³-hybridized carbons (Fsp3) is 0.583. The number of alkyl halides is 1. The number of phosphoric acid groups is 1. The second kappa shape index (κ2) is 12.8. The first-order valence-electron chi connectivity index (χ1n) is 12.3. The zero-order valence-electron chi connectivity index (χ0n) is 23.0. The highest BCUT2D eigenvalue weighted by molar-refractivity contribution is 7.48. The summed E-state index contributed by atoms with van der Waals surface area (Å²) in [7, 11) is -4.84. The first kappa shape index (κ1) is 32.4. The molecule has 226 valence electrons. The molecule has 4 atom stereocenters. The van der Waals surface area contributed by atoms with Gasteiger partial charge in [0.15, 0.2) is 12.3 Å². The number of aliphatic hydroxyl groups excluding tert-OH is 1. The van der Waals surface area contributed by atoms with Gasteiger partial charge in [-0.15, -0.1) is 5.92 Å². The highest BCUT2D eigenvalue weighted by Gasteiger charge is 2.65. The summed E-state index contributed by atoms with van der Waals surface area (Å²) >= 11 is 0. The van der Waals surface area contributed by atoms with Crippen molar-refractivity contribution in [3.8, 4) is 11.8 Å². The van der Waals surface area contributed by atoms with Gasteiger partial charge in [0.05, 0.1) is 17.2 Å². The van der Waals surface area contributed by atoms with E-state index in [1.165, 1.54) is 51.4 Å². The third kappa shape index (κ3) is 7.02. The molecule has 3 rings (SSSR count). The number of esters is 2. The van der Waals surface area contributed by atoms with Gasteiger partial charge in [0.2, 0.25) is 19.2 Å². The summed E-state index contributed by atoms with van der Waals surface area (Å²) in [5.74, 6) is -0.932. The Kier molecular flexibility index (Phi) is 10.1. The number of hydrogen-bond acceptors (Lipinski definition) is 14. The molecular weight excluding hydrogens is 570 g/mol. The molecule has 2 aromatic rings. The van der Waals surface area contributed by atoms with E-state index in [1.807, 2.05) is 0 Å². The topological polar surface area (TPSA) is 204 Å². The third-order valence-electron chi connectivity index (χ3n) is 5.81. The number of nitrogens with zero attached hydrogens (tertiary/aromatic N) is 3. The van der Waals surface area contributed by atoms with Gasteiger partial charge in [0, 0.05) is 6.20 Å². The minimum Gasteiger partial charge on any atom is -0.438 e. The maximum absolute atomic E-state index is 16.2. The lowest BCUT2D eigenvalue weighted by Crippen LogP contribution is -2.50. The van der Waals surface area contributed by atoms with Crippen LogP contribution in [0.15, 0.2) is 18.6 Å². The number of phosphoric ester groups is 1. The predicted molar refractivity (Wildman–Crippen MR) is 138 cm³/mol. The third-order valence-corrected chi connectivity index (χ3v) is 7.10. The van der Waals surface area contributed by atoms with Crippen molar-refractivity contribution >= 4 is 36.6 Å². The van der Waals surface area contributed by atoms with E-state index in [4.69, 9.17) is 33.5 Å². The fourth-order valence-corrected chi connectivity index (χ4v) is 4.53. The van der Waals surface area contributed by atoms with E-state index in [0.717, 1.165) is 6.33 Å². The van der Waals surface area contributed by atoms with E-state index in [0.29, 0.717) is 5.39 Å². The number of hydrogen-bond donors (Lipinski definition) is 3. The number of ether oxygens (including phenoxy) is 3. The lowest BCUT2D eigenvalue weighted by molar-refractivity contribution is -0.206. The number of aliphatic hydroxyl groups is 2. The highest BCUT2D eigenvalue weighted by atomic mass is 31.2. The molecule has 2 aromatic heterocycles. The Balaban J connectivity index is 1.85. The number of rotatable bonds is 12. The van der Waals surface area contributed by atoms with E-state index in [9.17, 15) is 24.4 Å². The Hall–Kier alpha value is -3.16. The zero-order chi connectivity index (χ0) is 30.6. The second-order valence-corrected chi connectivity index (χ2v) is 11.2. The van der Waals surface area contributed by atoms with E-state index in [2.05, 4.69) is 21.8 Å². The van der Waals surface area contributed by atoms with Crippen LogP contribution < -0.4 is 5.73 Å². The van der Waals surface area contributed by atoms with Crippen LogP contribution in [0.4, 0.5) is 10.2 Å². The number of carbonyl (C=O) groups is 2. The number of anilines is 1. The van der Waals surface area contributed by atoms with Crippen LogP contribution in [0.1, 0.15) is 40.8 Å². The molecule has 1 aliphatic rings. The summed E-state index contributed by atoms with van der Waals surface area (Å²) in [4.78, 5) is 31.4. The van der Waals surface area contributed by atoms with Gasteiger partial charge in [-0.3, -0.25) is 14.1 Å². The fourth-order valence-electron chi connectivity index (χ4n) is 3.61. The molecule has 4 N–H and O–H groups in total. The lowest BCUT2D eigenvalue weighted by atomic mass is 9.93. The van der Waals surface area contributed by atoms with Gasteiger partial charge < -0.3 is 34.7 Å². The van der Waals surface area contributed by atoms with E-state index >= 15 is 4.39 Å². The van der Waals surface area contributed by atoms with Gasteiger partial charge >= 0.3 is 19.8 Å². The Morgan fingerprint density at radius 3 is 2.29 bits per heavy atom. The highest BCUT2D eigenvalue weighted by Crippen LogP contribution is 2.53. The van der Waals surface area contributed by atoms with Crippen LogP contribution in [0.3, 0.4) is 0 Å². The molecule has 0 amide bonds. The Morgan fingerprint density at radius 1 is 1.17 bits per heavy atom. The van der Waals surface area contributed by atoms with Crippen LogP contribution in [0, 0.1) is 23.7 Å². The van der Waals surface area contributed by atoms with Crippen LogP contribution in [-0.2, 0) is 41.9 Å². The molecule has 0 aromatic carbocycles. The molecule has 1 aliphatic heterocycles. The van der Waals surface area contributed by atoms with Crippen molar-refractivity contribution in [2.24, 2.45) is 11.8 Å². The standard InChI is InChI=1S/C24H32FN4O11P/c1-6-8-23(33)21(32)24(25,40-22(23)29-9-7-16-17(26)27-11-28-18(16)29)10-37-41(34,38-12-35-19(30)14(2)3)39-13-36-20(31)15(4)5/h7,9,11,14-15,21-22,32-33H,10,12-13H2,1-5H3,(H2,26,27,28)/t21-,22+,23+,24+/m0/s1. The van der Waals surface area contributed by atoms with Crippen molar-refractivity contribution in [2.45, 2.75) is 58.4 Å². The number of carbonyl (C=O) groups excluding carboxylic acids is 2. The van der Waals surface area contributed by atoms with E-state index < -0.39 is 75.6 Å². The molecule has 0 saturated carbocycles. The minimum absolute atomic E-state index is 0.0961. The van der Waals surface area contributed by atoms with Crippen molar-refractivity contribution in [1.29, 1.82) is 0 Å². The number of fused-ring (bicyclic) bond motifs is 1. The largest absolute Gasteiger partial charge is 0.480 e. The molecule has 41 heavy (non-hydrogen) atoms. The molecule has 0 spiro atoms. The molecule has 1 fully saturated rings. The normalized spacial score (nSPS) is 24.4. The number of nitrogen functional groups attached to an aromatic ring is 1. The molecule has 0 radical (unpaired) electrons. The molecule has 1 saturated heterocycles.